The van der Waals surface area contributed by atoms with Crippen molar-refractivity contribution < 1.29 is 4.74 Å². The van der Waals surface area contributed by atoms with E-state index < -0.39 is 0 Å². The van der Waals surface area contributed by atoms with Crippen LogP contribution in [0.5, 0.6) is 5.75 Å². The highest BCUT2D eigenvalue weighted by Crippen LogP contribution is 2.12. The maximum absolute atomic E-state index is 5.70. The second-order valence-corrected chi connectivity index (χ2v) is 5.05. The molecule has 1 aromatic rings. The van der Waals surface area contributed by atoms with Gasteiger partial charge in [-0.3, -0.25) is 0 Å². The highest BCUT2D eigenvalue weighted by molar-refractivity contribution is 5.27. The predicted octanol–water partition coefficient (Wildman–Crippen LogP) is 4.19. The predicted molar refractivity (Wildman–Crippen MR) is 82.9 cm³/mol. The van der Waals surface area contributed by atoms with Crippen LogP contribution in [0, 0.1) is 0 Å². The molecule has 0 aliphatic rings. The molecule has 19 heavy (non-hydrogen) atoms. The van der Waals surface area contributed by atoms with E-state index >= 15 is 0 Å². The van der Waals surface area contributed by atoms with Gasteiger partial charge >= 0.3 is 0 Å². The standard InChI is InChI=1S/C17H29NO/c1-3-5-6-7-13-18-14-15-19-17-11-9-16(8-4-2)10-12-17/h9-12,18H,3-8,13-15H2,1-2H3. The topological polar surface area (TPSA) is 21.3 Å². The lowest BCUT2D eigenvalue weighted by molar-refractivity contribution is 0.313. The lowest BCUT2D eigenvalue weighted by atomic mass is 10.1. The van der Waals surface area contributed by atoms with Gasteiger partial charge in [0.15, 0.2) is 0 Å². The third-order valence-electron chi connectivity index (χ3n) is 3.22. The first-order chi connectivity index (χ1) is 9.36. The zero-order valence-corrected chi connectivity index (χ0v) is 12.6. The summed E-state index contributed by atoms with van der Waals surface area (Å²) in [6, 6.07) is 8.48. The van der Waals surface area contributed by atoms with Crippen LogP contribution in [-0.2, 0) is 6.42 Å². The lowest BCUT2D eigenvalue weighted by Gasteiger charge is -2.08. The van der Waals surface area contributed by atoms with Gasteiger partial charge < -0.3 is 10.1 Å². The maximum Gasteiger partial charge on any atom is 0.119 e. The number of nitrogens with one attached hydrogen (secondary N) is 1. The normalized spacial score (nSPS) is 10.6. The molecule has 1 N–H and O–H groups in total. The minimum absolute atomic E-state index is 0.751. The number of unbranched alkanes of at least 4 members (excludes halogenated alkanes) is 3. The van der Waals surface area contributed by atoms with Gasteiger partial charge in [0.2, 0.25) is 0 Å². The summed E-state index contributed by atoms with van der Waals surface area (Å²) in [5, 5.41) is 3.42. The summed E-state index contributed by atoms with van der Waals surface area (Å²) >= 11 is 0. The van der Waals surface area contributed by atoms with Crippen LogP contribution in [0.3, 0.4) is 0 Å². The number of aryl methyl sites for hydroxylation is 1. The van der Waals surface area contributed by atoms with Crippen LogP contribution in [0.25, 0.3) is 0 Å². The Morgan fingerprint density at radius 1 is 0.895 bits per heavy atom. The highest BCUT2D eigenvalue weighted by Gasteiger charge is 1.95. The number of ether oxygens (including phenoxy) is 1. The third-order valence-corrected chi connectivity index (χ3v) is 3.22. The molecule has 0 saturated heterocycles. The molecule has 2 nitrogen and oxygen atoms in total. The molecule has 0 aliphatic heterocycles. The zero-order chi connectivity index (χ0) is 13.8. The Bertz CT molecular complexity index is 308. The molecular weight excluding hydrogens is 234 g/mol. The summed E-state index contributed by atoms with van der Waals surface area (Å²) in [7, 11) is 0. The van der Waals surface area contributed by atoms with E-state index in [0.717, 1.165) is 31.9 Å². The van der Waals surface area contributed by atoms with Crippen LogP contribution in [0.4, 0.5) is 0 Å². The fourth-order valence-corrected chi connectivity index (χ4v) is 2.08. The molecule has 108 valence electrons. The average molecular weight is 263 g/mol. The first kappa shape index (κ1) is 16.0. The SMILES string of the molecule is CCCCCCNCCOc1ccc(CCC)cc1. The van der Waals surface area contributed by atoms with Crippen molar-refractivity contribution >= 4 is 0 Å². The van der Waals surface area contributed by atoms with Crippen LogP contribution in [-0.4, -0.2) is 19.7 Å². The van der Waals surface area contributed by atoms with Gasteiger partial charge in [0.1, 0.15) is 12.4 Å². The van der Waals surface area contributed by atoms with Gasteiger partial charge in [0.05, 0.1) is 0 Å². The van der Waals surface area contributed by atoms with Gasteiger partial charge in [0, 0.05) is 6.54 Å². The number of rotatable bonds is 11. The fraction of sp³-hybridized carbons (Fsp3) is 0.647. The fourth-order valence-electron chi connectivity index (χ4n) is 2.08. The second kappa shape index (κ2) is 10.9. The summed E-state index contributed by atoms with van der Waals surface area (Å²) in [5.74, 6) is 0.979. The van der Waals surface area contributed by atoms with Crippen molar-refractivity contribution in [1.29, 1.82) is 0 Å². The quantitative estimate of drug-likeness (QED) is 0.604. The van der Waals surface area contributed by atoms with Crippen molar-refractivity contribution in [2.24, 2.45) is 0 Å². The summed E-state index contributed by atoms with van der Waals surface area (Å²) < 4.78 is 5.70. The van der Waals surface area contributed by atoms with Gasteiger partial charge in [-0.15, -0.1) is 0 Å². The van der Waals surface area contributed by atoms with E-state index in [-0.39, 0.29) is 0 Å². The Balaban J connectivity index is 2.02. The van der Waals surface area contributed by atoms with Crippen molar-refractivity contribution in [2.75, 3.05) is 19.7 Å². The van der Waals surface area contributed by atoms with Crippen molar-refractivity contribution in [3.05, 3.63) is 29.8 Å². The first-order valence-corrected chi connectivity index (χ1v) is 7.79. The monoisotopic (exact) mass is 263 g/mol. The van der Waals surface area contributed by atoms with Gasteiger partial charge in [-0.25, -0.2) is 0 Å². The van der Waals surface area contributed by atoms with Crippen molar-refractivity contribution in [2.45, 2.75) is 52.4 Å². The third kappa shape index (κ3) is 7.89. The molecule has 0 aromatic heterocycles. The van der Waals surface area contributed by atoms with E-state index in [9.17, 15) is 0 Å². The van der Waals surface area contributed by atoms with E-state index in [1.807, 2.05) is 0 Å². The van der Waals surface area contributed by atoms with Crippen LogP contribution >= 0.6 is 0 Å². The maximum atomic E-state index is 5.70. The van der Waals surface area contributed by atoms with Crippen molar-refractivity contribution in [3.63, 3.8) is 0 Å². The molecule has 1 aromatic carbocycles. The average Bonchev–Trinajstić information content (AvgIpc) is 2.44. The Hall–Kier alpha value is -1.02. The summed E-state index contributed by atoms with van der Waals surface area (Å²) in [6.45, 7) is 7.24. The van der Waals surface area contributed by atoms with E-state index in [0.29, 0.717) is 0 Å². The molecular formula is C17H29NO. The molecule has 0 aliphatic carbocycles. The smallest absolute Gasteiger partial charge is 0.119 e. The van der Waals surface area contributed by atoms with Crippen molar-refractivity contribution in [1.82, 2.24) is 5.32 Å². The molecule has 0 amide bonds. The number of benzene rings is 1. The Kier molecular flexibility index (Phi) is 9.17. The molecule has 0 spiro atoms. The number of hydrogen-bond acceptors (Lipinski definition) is 2. The Morgan fingerprint density at radius 2 is 1.68 bits per heavy atom. The Labute approximate surface area is 118 Å². The second-order valence-electron chi connectivity index (χ2n) is 5.05. The molecule has 0 unspecified atom stereocenters. The van der Waals surface area contributed by atoms with E-state index in [1.165, 1.54) is 37.7 Å². The lowest BCUT2D eigenvalue weighted by Crippen LogP contribution is -2.22. The van der Waals surface area contributed by atoms with Crippen LogP contribution in [0.15, 0.2) is 24.3 Å². The van der Waals surface area contributed by atoms with Gasteiger partial charge in [-0.1, -0.05) is 51.7 Å². The molecule has 2 heteroatoms. The zero-order valence-electron chi connectivity index (χ0n) is 12.6. The Morgan fingerprint density at radius 3 is 2.37 bits per heavy atom. The molecule has 0 fully saturated rings. The molecule has 0 radical (unpaired) electrons. The molecule has 0 heterocycles. The van der Waals surface area contributed by atoms with E-state index in [1.54, 1.807) is 0 Å². The number of hydrogen-bond donors (Lipinski definition) is 1. The van der Waals surface area contributed by atoms with Crippen molar-refractivity contribution in [3.8, 4) is 5.75 Å². The minimum Gasteiger partial charge on any atom is -0.492 e. The van der Waals surface area contributed by atoms with E-state index in [2.05, 4.69) is 43.4 Å². The van der Waals surface area contributed by atoms with Crippen LogP contribution < -0.4 is 10.1 Å². The minimum atomic E-state index is 0.751. The first-order valence-electron chi connectivity index (χ1n) is 7.79. The summed E-state index contributed by atoms with van der Waals surface area (Å²) in [6.07, 6.45) is 7.62. The largest absolute Gasteiger partial charge is 0.492 e. The van der Waals surface area contributed by atoms with Gasteiger partial charge in [-0.05, 0) is 37.1 Å². The van der Waals surface area contributed by atoms with Gasteiger partial charge in [0.25, 0.3) is 0 Å². The molecule has 1 rings (SSSR count). The van der Waals surface area contributed by atoms with Crippen LogP contribution in [0.2, 0.25) is 0 Å². The molecule has 0 saturated carbocycles. The highest BCUT2D eigenvalue weighted by atomic mass is 16.5. The van der Waals surface area contributed by atoms with Crippen LogP contribution in [0.1, 0.15) is 51.5 Å². The summed E-state index contributed by atoms with van der Waals surface area (Å²) in [4.78, 5) is 0. The molecule has 0 bridgehead atoms. The van der Waals surface area contributed by atoms with Gasteiger partial charge in [-0.2, -0.15) is 0 Å². The summed E-state index contributed by atoms with van der Waals surface area (Å²) in [5.41, 5.74) is 1.39. The van der Waals surface area contributed by atoms with E-state index in [4.69, 9.17) is 4.74 Å². The molecule has 0 atom stereocenters.